The van der Waals surface area contributed by atoms with Crippen LogP contribution in [0.2, 0.25) is 0 Å². The maximum Gasteiger partial charge on any atom is 0.235 e. The van der Waals surface area contributed by atoms with Gasteiger partial charge in [-0.15, -0.1) is 0 Å². The number of carbonyl (C=O) groups is 1. The molecule has 1 saturated heterocycles. The molecular weight excluding hydrogens is 328 g/mol. The number of halogens is 1. The standard InChI is InChI=1S/C12H17BrN4OS/c1-9(19-2)11(18)16-3-5-17(6-4-16)12-14-7-10(13)8-15-12/h7-9H,3-6H2,1-2H3. The molecule has 1 atom stereocenters. The van der Waals surface area contributed by atoms with Crippen LogP contribution in [0.3, 0.4) is 0 Å². The largest absolute Gasteiger partial charge is 0.338 e. The summed E-state index contributed by atoms with van der Waals surface area (Å²) in [5, 5.41) is 0.0375. The van der Waals surface area contributed by atoms with Gasteiger partial charge in [0.05, 0.1) is 9.72 Å². The zero-order valence-electron chi connectivity index (χ0n) is 11.0. The Morgan fingerprint density at radius 2 is 1.89 bits per heavy atom. The summed E-state index contributed by atoms with van der Waals surface area (Å²) >= 11 is 4.91. The summed E-state index contributed by atoms with van der Waals surface area (Å²) in [6, 6.07) is 0. The number of nitrogens with zero attached hydrogens (tertiary/aromatic N) is 4. The Bertz CT molecular complexity index is 434. The predicted octanol–water partition coefficient (Wildman–Crippen LogP) is 1.64. The third-order valence-corrected chi connectivity index (χ3v) is 4.50. The minimum absolute atomic E-state index is 0.0375. The highest BCUT2D eigenvalue weighted by Crippen LogP contribution is 2.15. The van der Waals surface area contributed by atoms with Crippen molar-refractivity contribution in [2.75, 3.05) is 37.3 Å². The number of carbonyl (C=O) groups excluding carboxylic acids is 1. The van der Waals surface area contributed by atoms with Gasteiger partial charge >= 0.3 is 0 Å². The molecule has 104 valence electrons. The minimum Gasteiger partial charge on any atom is -0.338 e. The summed E-state index contributed by atoms with van der Waals surface area (Å²) in [6.45, 7) is 5.01. The monoisotopic (exact) mass is 344 g/mol. The molecule has 1 fully saturated rings. The molecule has 0 aliphatic carbocycles. The molecule has 0 spiro atoms. The van der Waals surface area contributed by atoms with Gasteiger partial charge in [-0.1, -0.05) is 0 Å². The summed E-state index contributed by atoms with van der Waals surface area (Å²) < 4.78 is 0.874. The van der Waals surface area contributed by atoms with E-state index in [0.29, 0.717) is 0 Å². The summed E-state index contributed by atoms with van der Waals surface area (Å²) in [6.07, 6.45) is 5.46. The fourth-order valence-electron chi connectivity index (χ4n) is 1.95. The first-order valence-corrected chi connectivity index (χ1v) is 8.24. The molecule has 0 N–H and O–H groups in total. The zero-order valence-corrected chi connectivity index (χ0v) is 13.4. The molecule has 1 aromatic rings. The van der Waals surface area contributed by atoms with Gasteiger partial charge in [0.25, 0.3) is 0 Å². The lowest BCUT2D eigenvalue weighted by Gasteiger charge is -2.35. The van der Waals surface area contributed by atoms with Crippen LogP contribution in [0.5, 0.6) is 0 Å². The molecule has 0 bridgehead atoms. The molecule has 0 saturated carbocycles. The van der Waals surface area contributed by atoms with Crippen molar-refractivity contribution in [3.05, 3.63) is 16.9 Å². The van der Waals surface area contributed by atoms with Crippen LogP contribution in [0.15, 0.2) is 16.9 Å². The topological polar surface area (TPSA) is 49.3 Å². The molecule has 19 heavy (non-hydrogen) atoms. The molecule has 1 aromatic heterocycles. The van der Waals surface area contributed by atoms with E-state index in [4.69, 9.17) is 0 Å². The van der Waals surface area contributed by atoms with Gasteiger partial charge in [-0.3, -0.25) is 4.79 Å². The second kappa shape index (κ2) is 6.56. The smallest absolute Gasteiger partial charge is 0.235 e. The normalized spacial score (nSPS) is 17.4. The van der Waals surface area contributed by atoms with E-state index in [2.05, 4.69) is 30.8 Å². The van der Waals surface area contributed by atoms with Gasteiger partial charge in [0.1, 0.15) is 0 Å². The summed E-state index contributed by atoms with van der Waals surface area (Å²) in [5.41, 5.74) is 0. The maximum absolute atomic E-state index is 12.1. The number of hydrogen-bond acceptors (Lipinski definition) is 5. The van der Waals surface area contributed by atoms with Crippen LogP contribution in [0.1, 0.15) is 6.92 Å². The highest BCUT2D eigenvalue weighted by Gasteiger charge is 2.25. The Labute approximate surface area is 125 Å². The summed E-state index contributed by atoms with van der Waals surface area (Å²) in [7, 11) is 0. The summed E-state index contributed by atoms with van der Waals surface area (Å²) in [5.74, 6) is 0.956. The van der Waals surface area contributed by atoms with Crippen molar-refractivity contribution < 1.29 is 4.79 Å². The Balaban J connectivity index is 1.92. The Morgan fingerprint density at radius 1 is 1.32 bits per heavy atom. The van der Waals surface area contributed by atoms with Crippen molar-refractivity contribution in [2.24, 2.45) is 0 Å². The SMILES string of the molecule is CSC(C)C(=O)N1CCN(c2ncc(Br)cn2)CC1. The Kier molecular flexibility index (Phi) is 5.04. The van der Waals surface area contributed by atoms with Crippen molar-refractivity contribution in [2.45, 2.75) is 12.2 Å². The average Bonchev–Trinajstić information content (AvgIpc) is 2.46. The van der Waals surface area contributed by atoms with Crippen LogP contribution >= 0.6 is 27.7 Å². The first-order valence-electron chi connectivity index (χ1n) is 6.16. The van der Waals surface area contributed by atoms with Crippen molar-refractivity contribution in [1.29, 1.82) is 0 Å². The van der Waals surface area contributed by atoms with Crippen LogP contribution in [0.25, 0.3) is 0 Å². The number of piperazine rings is 1. The van der Waals surface area contributed by atoms with Crippen LogP contribution in [0, 0.1) is 0 Å². The van der Waals surface area contributed by atoms with E-state index in [1.165, 1.54) is 0 Å². The molecular formula is C12H17BrN4OS. The van der Waals surface area contributed by atoms with Gasteiger partial charge in [0, 0.05) is 38.6 Å². The minimum atomic E-state index is 0.0375. The van der Waals surface area contributed by atoms with Gasteiger partial charge in [-0.2, -0.15) is 11.8 Å². The van der Waals surface area contributed by atoms with E-state index >= 15 is 0 Å². The lowest BCUT2D eigenvalue weighted by molar-refractivity contribution is -0.130. The van der Waals surface area contributed by atoms with Crippen molar-refractivity contribution in [1.82, 2.24) is 14.9 Å². The quantitative estimate of drug-likeness (QED) is 0.834. The predicted molar refractivity (Wildman–Crippen MR) is 81.5 cm³/mol. The van der Waals surface area contributed by atoms with Gasteiger partial charge in [-0.05, 0) is 29.1 Å². The lowest BCUT2D eigenvalue weighted by Crippen LogP contribution is -2.51. The fourth-order valence-corrected chi connectivity index (χ4v) is 2.51. The highest BCUT2D eigenvalue weighted by atomic mass is 79.9. The molecule has 7 heteroatoms. The van der Waals surface area contributed by atoms with E-state index < -0.39 is 0 Å². The molecule has 1 aliphatic rings. The maximum atomic E-state index is 12.1. The van der Waals surface area contributed by atoms with Crippen molar-refractivity contribution >= 4 is 39.5 Å². The number of anilines is 1. The molecule has 1 amide bonds. The Hall–Kier alpha value is -0.820. The molecule has 2 heterocycles. The first kappa shape index (κ1) is 14.6. The fraction of sp³-hybridized carbons (Fsp3) is 0.583. The van der Waals surface area contributed by atoms with E-state index in [1.807, 2.05) is 18.1 Å². The molecule has 2 rings (SSSR count). The average molecular weight is 345 g/mol. The number of aromatic nitrogens is 2. The third-order valence-electron chi connectivity index (χ3n) is 3.18. The second-order valence-corrected chi connectivity index (χ2v) is 6.49. The molecule has 5 nitrogen and oxygen atoms in total. The number of rotatable bonds is 3. The number of amides is 1. The van der Waals surface area contributed by atoms with Crippen LogP contribution in [0.4, 0.5) is 5.95 Å². The van der Waals surface area contributed by atoms with Gasteiger partial charge < -0.3 is 9.80 Å². The molecule has 1 aliphatic heterocycles. The number of thioether (sulfide) groups is 1. The lowest BCUT2D eigenvalue weighted by atomic mass is 10.3. The van der Waals surface area contributed by atoms with Gasteiger partial charge in [0.2, 0.25) is 11.9 Å². The molecule has 0 radical (unpaired) electrons. The Morgan fingerprint density at radius 3 is 2.42 bits per heavy atom. The molecule has 0 aromatic carbocycles. The van der Waals surface area contributed by atoms with Crippen LogP contribution < -0.4 is 4.90 Å². The van der Waals surface area contributed by atoms with Crippen molar-refractivity contribution in [3.63, 3.8) is 0 Å². The van der Waals surface area contributed by atoms with E-state index in [1.54, 1.807) is 24.2 Å². The van der Waals surface area contributed by atoms with Gasteiger partial charge in [-0.25, -0.2) is 9.97 Å². The molecule has 1 unspecified atom stereocenters. The van der Waals surface area contributed by atoms with Gasteiger partial charge in [0.15, 0.2) is 0 Å². The van der Waals surface area contributed by atoms with E-state index in [0.717, 1.165) is 36.6 Å². The van der Waals surface area contributed by atoms with E-state index in [9.17, 15) is 4.79 Å². The number of hydrogen-bond donors (Lipinski definition) is 0. The van der Waals surface area contributed by atoms with Crippen LogP contribution in [-0.4, -0.2) is 58.5 Å². The van der Waals surface area contributed by atoms with Crippen molar-refractivity contribution in [3.8, 4) is 0 Å². The highest BCUT2D eigenvalue weighted by molar-refractivity contribution is 9.10. The zero-order chi connectivity index (χ0) is 13.8. The van der Waals surface area contributed by atoms with E-state index in [-0.39, 0.29) is 11.2 Å². The second-order valence-electron chi connectivity index (χ2n) is 4.39. The van der Waals surface area contributed by atoms with Crippen LogP contribution in [-0.2, 0) is 4.79 Å². The first-order chi connectivity index (χ1) is 9.11. The third kappa shape index (κ3) is 3.60. The summed E-state index contributed by atoms with van der Waals surface area (Å²) in [4.78, 5) is 24.7.